The highest BCUT2D eigenvalue weighted by atomic mass is 16.2. The van der Waals surface area contributed by atoms with E-state index in [1.54, 1.807) is 0 Å². The maximum absolute atomic E-state index is 11.3. The van der Waals surface area contributed by atoms with Gasteiger partial charge < -0.3 is 5.32 Å². The molecule has 1 saturated heterocycles. The van der Waals surface area contributed by atoms with Crippen LogP contribution in [0.5, 0.6) is 0 Å². The van der Waals surface area contributed by atoms with Gasteiger partial charge in [-0.1, -0.05) is 5.92 Å². The number of carbonyl (C=O) groups is 1. The van der Waals surface area contributed by atoms with Crippen molar-refractivity contribution < 1.29 is 4.79 Å². The predicted molar refractivity (Wildman–Crippen MR) is 60.4 cm³/mol. The van der Waals surface area contributed by atoms with Crippen molar-refractivity contribution in [2.75, 3.05) is 45.8 Å². The molecule has 15 heavy (non-hydrogen) atoms. The Morgan fingerprint density at radius 1 is 1.33 bits per heavy atom. The van der Waals surface area contributed by atoms with Gasteiger partial charge in [0.25, 0.3) is 0 Å². The fraction of sp³-hybridized carbons (Fsp3) is 0.727. The minimum atomic E-state index is 0.114. The molecule has 4 heteroatoms. The first-order valence-corrected chi connectivity index (χ1v) is 5.41. The minimum Gasteiger partial charge on any atom is -0.355 e. The molecule has 0 bridgehead atoms. The quantitative estimate of drug-likeness (QED) is 0.626. The van der Waals surface area contributed by atoms with Crippen molar-refractivity contribution in [2.24, 2.45) is 0 Å². The third kappa shape index (κ3) is 4.32. The largest absolute Gasteiger partial charge is 0.355 e. The molecule has 0 spiro atoms. The summed E-state index contributed by atoms with van der Waals surface area (Å²) in [6.07, 6.45) is 5.24. The summed E-state index contributed by atoms with van der Waals surface area (Å²) in [5.41, 5.74) is 0. The summed E-state index contributed by atoms with van der Waals surface area (Å²) >= 11 is 0. The zero-order chi connectivity index (χ0) is 11.1. The Labute approximate surface area is 91.6 Å². The molecule has 0 radical (unpaired) electrons. The molecular weight excluding hydrogens is 190 g/mol. The summed E-state index contributed by atoms with van der Waals surface area (Å²) in [6, 6.07) is 0. The van der Waals surface area contributed by atoms with Crippen LogP contribution in [0.4, 0.5) is 0 Å². The Bertz CT molecular complexity index is 239. The summed E-state index contributed by atoms with van der Waals surface area (Å²) in [4.78, 5) is 15.7. The van der Waals surface area contributed by atoms with Crippen molar-refractivity contribution in [3.05, 3.63) is 0 Å². The second-order valence-corrected chi connectivity index (χ2v) is 3.71. The Balaban J connectivity index is 2.20. The van der Waals surface area contributed by atoms with Gasteiger partial charge in [-0.25, -0.2) is 0 Å². The van der Waals surface area contributed by atoms with E-state index in [0.717, 1.165) is 32.7 Å². The second-order valence-electron chi connectivity index (χ2n) is 3.71. The van der Waals surface area contributed by atoms with Gasteiger partial charge in [-0.15, -0.1) is 6.42 Å². The first kappa shape index (κ1) is 12.0. The predicted octanol–water partition coefficient (Wildman–Crippen LogP) is -0.627. The maximum atomic E-state index is 11.3. The number of nitrogens with one attached hydrogen (secondary N) is 1. The molecule has 0 saturated carbocycles. The summed E-state index contributed by atoms with van der Waals surface area (Å²) < 4.78 is 0. The third-order valence-electron chi connectivity index (χ3n) is 2.52. The monoisotopic (exact) mass is 209 g/mol. The van der Waals surface area contributed by atoms with Gasteiger partial charge in [-0.3, -0.25) is 14.6 Å². The molecule has 1 N–H and O–H groups in total. The highest BCUT2D eigenvalue weighted by Gasteiger charge is 2.17. The van der Waals surface area contributed by atoms with E-state index in [-0.39, 0.29) is 5.91 Å². The van der Waals surface area contributed by atoms with E-state index < -0.39 is 0 Å². The first-order valence-electron chi connectivity index (χ1n) is 5.41. The van der Waals surface area contributed by atoms with Crippen LogP contribution < -0.4 is 5.32 Å². The number of piperazine rings is 1. The van der Waals surface area contributed by atoms with E-state index in [1.165, 1.54) is 0 Å². The average molecular weight is 209 g/mol. The number of terminal acetylenes is 1. The van der Waals surface area contributed by atoms with Crippen molar-refractivity contribution in [1.82, 2.24) is 15.1 Å². The van der Waals surface area contributed by atoms with Gasteiger partial charge in [0.2, 0.25) is 5.91 Å². The molecule has 0 aliphatic carbocycles. The molecular formula is C11H19N3O. The van der Waals surface area contributed by atoms with Crippen LogP contribution in [0, 0.1) is 12.3 Å². The molecule has 1 heterocycles. The topological polar surface area (TPSA) is 35.6 Å². The van der Waals surface area contributed by atoms with Crippen molar-refractivity contribution in [1.29, 1.82) is 0 Å². The average Bonchev–Trinajstić information content (AvgIpc) is 2.22. The van der Waals surface area contributed by atoms with E-state index in [1.807, 2.05) is 6.92 Å². The van der Waals surface area contributed by atoms with Crippen molar-refractivity contribution in [2.45, 2.75) is 6.92 Å². The Kier molecular flexibility index (Phi) is 5.16. The smallest absolute Gasteiger partial charge is 0.234 e. The summed E-state index contributed by atoms with van der Waals surface area (Å²) in [6.45, 7) is 7.65. The molecule has 0 aromatic carbocycles. The molecule has 1 aliphatic rings. The van der Waals surface area contributed by atoms with Gasteiger partial charge in [-0.05, 0) is 6.92 Å². The summed E-state index contributed by atoms with van der Waals surface area (Å²) in [5.74, 6) is 2.76. The van der Waals surface area contributed by atoms with Crippen LogP contribution in [-0.2, 0) is 4.79 Å². The SMILES string of the molecule is C#CCN1CCN(CC(=O)NCC)CC1. The van der Waals surface area contributed by atoms with Gasteiger partial charge in [0.05, 0.1) is 13.1 Å². The second kappa shape index (κ2) is 6.44. The van der Waals surface area contributed by atoms with E-state index in [9.17, 15) is 4.79 Å². The third-order valence-corrected chi connectivity index (χ3v) is 2.52. The van der Waals surface area contributed by atoms with Gasteiger partial charge in [0, 0.05) is 32.7 Å². The molecule has 1 amide bonds. The van der Waals surface area contributed by atoms with Crippen LogP contribution in [0.3, 0.4) is 0 Å². The Hall–Kier alpha value is -1.05. The molecule has 84 valence electrons. The van der Waals surface area contributed by atoms with Crippen LogP contribution in [0.2, 0.25) is 0 Å². The standard InChI is InChI=1S/C11H19N3O/c1-3-5-13-6-8-14(9-7-13)10-11(15)12-4-2/h1H,4-10H2,2H3,(H,12,15). The zero-order valence-electron chi connectivity index (χ0n) is 9.33. The normalized spacial score (nSPS) is 18.4. The molecule has 0 atom stereocenters. The van der Waals surface area contributed by atoms with Crippen LogP contribution in [0.1, 0.15) is 6.92 Å². The summed E-state index contributed by atoms with van der Waals surface area (Å²) in [5, 5.41) is 2.80. The molecule has 0 unspecified atom stereocenters. The lowest BCUT2D eigenvalue weighted by Crippen LogP contribution is -2.49. The van der Waals surface area contributed by atoms with Gasteiger partial charge in [-0.2, -0.15) is 0 Å². The fourth-order valence-corrected chi connectivity index (χ4v) is 1.69. The van der Waals surface area contributed by atoms with Gasteiger partial charge >= 0.3 is 0 Å². The zero-order valence-corrected chi connectivity index (χ0v) is 9.33. The van der Waals surface area contributed by atoms with Gasteiger partial charge in [0.1, 0.15) is 0 Å². The van der Waals surface area contributed by atoms with E-state index in [0.29, 0.717) is 13.1 Å². The van der Waals surface area contributed by atoms with Crippen molar-refractivity contribution >= 4 is 5.91 Å². The molecule has 0 aromatic heterocycles. The van der Waals surface area contributed by atoms with Gasteiger partial charge in [0.15, 0.2) is 0 Å². The molecule has 1 fully saturated rings. The molecule has 1 rings (SSSR count). The Morgan fingerprint density at radius 3 is 2.47 bits per heavy atom. The van der Waals surface area contributed by atoms with Crippen LogP contribution in [0.15, 0.2) is 0 Å². The fourth-order valence-electron chi connectivity index (χ4n) is 1.69. The van der Waals surface area contributed by atoms with E-state index in [4.69, 9.17) is 6.42 Å². The highest BCUT2D eigenvalue weighted by Crippen LogP contribution is 2.00. The number of hydrogen-bond donors (Lipinski definition) is 1. The number of likely N-dealkylation sites (N-methyl/N-ethyl adjacent to an activating group) is 1. The number of carbonyl (C=O) groups excluding carboxylic acids is 1. The molecule has 4 nitrogen and oxygen atoms in total. The number of rotatable bonds is 4. The van der Waals surface area contributed by atoms with Crippen LogP contribution in [-0.4, -0.2) is 61.5 Å². The lowest BCUT2D eigenvalue weighted by Gasteiger charge is -2.33. The molecule has 1 aliphatic heterocycles. The lowest BCUT2D eigenvalue weighted by atomic mass is 10.3. The maximum Gasteiger partial charge on any atom is 0.234 e. The highest BCUT2D eigenvalue weighted by molar-refractivity contribution is 5.77. The van der Waals surface area contributed by atoms with Crippen molar-refractivity contribution in [3.63, 3.8) is 0 Å². The lowest BCUT2D eigenvalue weighted by molar-refractivity contribution is -0.122. The van der Waals surface area contributed by atoms with Crippen LogP contribution in [0.25, 0.3) is 0 Å². The molecule has 0 aromatic rings. The summed E-state index contributed by atoms with van der Waals surface area (Å²) in [7, 11) is 0. The van der Waals surface area contributed by atoms with E-state index >= 15 is 0 Å². The van der Waals surface area contributed by atoms with E-state index in [2.05, 4.69) is 21.0 Å². The Morgan fingerprint density at radius 2 is 1.93 bits per heavy atom. The number of nitrogens with zero attached hydrogens (tertiary/aromatic N) is 2. The minimum absolute atomic E-state index is 0.114. The number of hydrogen-bond acceptors (Lipinski definition) is 3. The first-order chi connectivity index (χ1) is 7.26. The van der Waals surface area contributed by atoms with Crippen molar-refractivity contribution in [3.8, 4) is 12.3 Å². The van der Waals surface area contributed by atoms with Crippen LogP contribution >= 0.6 is 0 Å². The number of amides is 1.